The number of ether oxygens (including phenoxy) is 2. The zero-order chi connectivity index (χ0) is 17.5. The summed E-state index contributed by atoms with van der Waals surface area (Å²) in [5, 5.41) is 3.21. The van der Waals surface area contributed by atoms with Crippen LogP contribution in [0.4, 0.5) is 13.2 Å². The van der Waals surface area contributed by atoms with E-state index < -0.39 is 11.9 Å². The highest BCUT2D eigenvalue weighted by atomic mass is 19.4. The maximum atomic E-state index is 13.2. The zero-order valence-corrected chi connectivity index (χ0v) is 13.9. The zero-order valence-electron chi connectivity index (χ0n) is 13.9. The van der Waals surface area contributed by atoms with Gasteiger partial charge in [0.2, 0.25) is 5.88 Å². The molecule has 0 atom stereocenters. The molecule has 1 N–H and O–H groups in total. The third-order valence-corrected chi connectivity index (χ3v) is 5.07. The van der Waals surface area contributed by atoms with Crippen LogP contribution in [-0.4, -0.2) is 55.4 Å². The van der Waals surface area contributed by atoms with Crippen molar-refractivity contribution in [3.8, 4) is 5.88 Å². The number of rotatable bonds is 4. The summed E-state index contributed by atoms with van der Waals surface area (Å²) < 4.78 is 50.5. The minimum Gasteiger partial charge on any atom is -0.474 e. The second-order valence-electron chi connectivity index (χ2n) is 7.40. The average Bonchev–Trinajstić information content (AvgIpc) is 2.48. The predicted octanol–water partition coefficient (Wildman–Crippen LogP) is 2.06. The first-order valence-corrected chi connectivity index (χ1v) is 8.68. The van der Waals surface area contributed by atoms with Crippen molar-refractivity contribution in [3.05, 3.63) is 23.4 Å². The molecule has 5 nitrogen and oxygen atoms in total. The van der Waals surface area contributed by atoms with Gasteiger partial charge in [0, 0.05) is 31.1 Å². The lowest BCUT2D eigenvalue weighted by molar-refractivity contribution is -0.191. The molecular weight excluding hydrogens is 335 g/mol. The highest BCUT2D eigenvalue weighted by Crippen LogP contribution is 2.39. The number of pyridine rings is 1. The van der Waals surface area contributed by atoms with E-state index in [-0.39, 0.29) is 17.4 Å². The molecule has 3 fully saturated rings. The van der Waals surface area contributed by atoms with E-state index >= 15 is 0 Å². The molecule has 8 heteroatoms. The van der Waals surface area contributed by atoms with E-state index in [9.17, 15) is 13.2 Å². The van der Waals surface area contributed by atoms with Crippen molar-refractivity contribution < 1.29 is 22.6 Å². The fourth-order valence-electron chi connectivity index (χ4n) is 3.79. The highest BCUT2D eigenvalue weighted by molar-refractivity contribution is 5.27. The third kappa shape index (κ3) is 3.75. The van der Waals surface area contributed by atoms with E-state index in [1.54, 1.807) is 6.07 Å². The number of likely N-dealkylation sites (tertiary alicyclic amines) is 1. The Hall–Kier alpha value is -1.38. The Morgan fingerprint density at radius 2 is 1.96 bits per heavy atom. The molecule has 1 aromatic rings. The number of halogens is 3. The molecule has 138 valence electrons. The van der Waals surface area contributed by atoms with E-state index in [1.165, 1.54) is 0 Å². The molecule has 4 heterocycles. The SMILES string of the molecule is FC(F)(F)c1cc(CN2CC3(COC3)C2)cc(OC2CCNCC2)n1. The van der Waals surface area contributed by atoms with Gasteiger partial charge in [0.25, 0.3) is 0 Å². The van der Waals surface area contributed by atoms with Crippen molar-refractivity contribution in [1.82, 2.24) is 15.2 Å². The van der Waals surface area contributed by atoms with Crippen LogP contribution in [0, 0.1) is 5.41 Å². The van der Waals surface area contributed by atoms with Gasteiger partial charge < -0.3 is 14.8 Å². The lowest BCUT2D eigenvalue weighted by Gasteiger charge is -2.55. The van der Waals surface area contributed by atoms with Crippen molar-refractivity contribution in [3.63, 3.8) is 0 Å². The van der Waals surface area contributed by atoms with Crippen LogP contribution in [0.5, 0.6) is 5.88 Å². The molecule has 3 aliphatic rings. The Balaban J connectivity index is 1.47. The van der Waals surface area contributed by atoms with Crippen LogP contribution in [0.15, 0.2) is 12.1 Å². The number of nitrogens with one attached hydrogen (secondary N) is 1. The molecule has 0 aromatic carbocycles. The Kier molecular flexibility index (Phi) is 4.37. The fraction of sp³-hybridized carbons (Fsp3) is 0.706. The molecule has 4 rings (SSSR count). The monoisotopic (exact) mass is 357 g/mol. The molecule has 1 aromatic heterocycles. The van der Waals surface area contributed by atoms with Crippen LogP contribution in [0.3, 0.4) is 0 Å². The number of hydrogen-bond donors (Lipinski definition) is 1. The van der Waals surface area contributed by atoms with Crippen LogP contribution in [0.25, 0.3) is 0 Å². The smallest absolute Gasteiger partial charge is 0.433 e. The molecule has 0 radical (unpaired) electrons. The molecule has 3 saturated heterocycles. The molecule has 3 aliphatic heterocycles. The normalized spacial score (nSPS) is 24.0. The summed E-state index contributed by atoms with van der Waals surface area (Å²) in [6, 6.07) is 2.79. The molecular formula is C17H22F3N3O2. The topological polar surface area (TPSA) is 46.6 Å². The summed E-state index contributed by atoms with van der Waals surface area (Å²) in [7, 11) is 0. The number of piperidine rings is 1. The first kappa shape index (κ1) is 17.1. The number of nitrogens with zero attached hydrogens (tertiary/aromatic N) is 2. The van der Waals surface area contributed by atoms with Gasteiger partial charge in [-0.2, -0.15) is 13.2 Å². The number of alkyl halides is 3. The Morgan fingerprint density at radius 1 is 1.24 bits per heavy atom. The van der Waals surface area contributed by atoms with Gasteiger partial charge in [-0.1, -0.05) is 0 Å². The van der Waals surface area contributed by atoms with E-state index in [1.807, 2.05) is 0 Å². The van der Waals surface area contributed by atoms with Crippen LogP contribution in [-0.2, 0) is 17.5 Å². The molecule has 0 unspecified atom stereocenters. The van der Waals surface area contributed by atoms with Crippen molar-refractivity contribution in [1.29, 1.82) is 0 Å². The Labute approximate surface area is 144 Å². The minimum absolute atomic E-state index is 0.0792. The summed E-state index contributed by atoms with van der Waals surface area (Å²) in [5.74, 6) is 0.0824. The molecule has 25 heavy (non-hydrogen) atoms. The fourth-order valence-corrected chi connectivity index (χ4v) is 3.79. The Bertz CT molecular complexity index is 620. The quantitative estimate of drug-likeness (QED) is 0.894. The van der Waals surface area contributed by atoms with Crippen LogP contribution < -0.4 is 10.1 Å². The van der Waals surface area contributed by atoms with Gasteiger partial charge in [-0.25, -0.2) is 4.98 Å². The van der Waals surface area contributed by atoms with E-state index in [2.05, 4.69) is 15.2 Å². The Morgan fingerprint density at radius 3 is 2.56 bits per heavy atom. The second kappa shape index (κ2) is 6.41. The van der Waals surface area contributed by atoms with Gasteiger partial charge >= 0.3 is 6.18 Å². The summed E-state index contributed by atoms with van der Waals surface area (Å²) in [4.78, 5) is 5.84. The lowest BCUT2D eigenvalue weighted by Crippen LogP contribution is -2.65. The highest BCUT2D eigenvalue weighted by Gasteiger charge is 2.48. The minimum atomic E-state index is -4.47. The molecule has 0 bridgehead atoms. The third-order valence-electron chi connectivity index (χ3n) is 5.07. The van der Waals surface area contributed by atoms with Gasteiger partial charge in [0.15, 0.2) is 0 Å². The first-order chi connectivity index (χ1) is 11.9. The van der Waals surface area contributed by atoms with Gasteiger partial charge in [-0.05, 0) is 37.6 Å². The van der Waals surface area contributed by atoms with Crippen LogP contribution in [0.1, 0.15) is 24.1 Å². The van der Waals surface area contributed by atoms with Crippen molar-refractivity contribution in [2.24, 2.45) is 5.41 Å². The molecule has 0 aliphatic carbocycles. The summed E-state index contributed by atoms with van der Waals surface area (Å²) >= 11 is 0. The average molecular weight is 357 g/mol. The van der Waals surface area contributed by atoms with Gasteiger partial charge in [0.05, 0.1) is 13.2 Å². The standard InChI is InChI=1S/C17H22F3N3O2/c18-17(19,20)14-5-12(7-23-8-16(9-23)10-24-11-16)6-15(22-14)25-13-1-3-21-4-2-13/h5-6,13,21H,1-4,7-11H2. The summed E-state index contributed by atoms with van der Waals surface area (Å²) in [6.45, 7) is 5.39. The number of hydrogen-bond acceptors (Lipinski definition) is 5. The molecule has 0 saturated carbocycles. The molecule has 0 amide bonds. The maximum absolute atomic E-state index is 13.2. The summed E-state index contributed by atoms with van der Waals surface area (Å²) in [6.07, 6.45) is -2.99. The van der Waals surface area contributed by atoms with Crippen LogP contribution >= 0.6 is 0 Å². The maximum Gasteiger partial charge on any atom is 0.433 e. The first-order valence-electron chi connectivity index (χ1n) is 8.68. The van der Waals surface area contributed by atoms with E-state index in [0.29, 0.717) is 12.1 Å². The van der Waals surface area contributed by atoms with E-state index in [4.69, 9.17) is 9.47 Å². The predicted molar refractivity (Wildman–Crippen MR) is 84.3 cm³/mol. The second-order valence-corrected chi connectivity index (χ2v) is 7.40. The van der Waals surface area contributed by atoms with Crippen molar-refractivity contribution in [2.45, 2.75) is 31.7 Å². The van der Waals surface area contributed by atoms with E-state index in [0.717, 1.165) is 58.3 Å². The van der Waals surface area contributed by atoms with Crippen molar-refractivity contribution in [2.75, 3.05) is 39.4 Å². The van der Waals surface area contributed by atoms with Gasteiger partial charge in [-0.3, -0.25) is 4.90 Å². The van der Waals surface area contributed by atoms with Gasteiger partial charge in [-0.15, -0.1) is 0 Å². The van der Waals surface area contributed by atoms with Gasteiger partial charge in [0.1, 0.15) is 11.8 Å². The largest absolute Gasteiger partial charge is 0.474 e. The summed E-state index contributed by atoms with van der Waals surface area (Å²) in [5.41, 5.74) is -0.0357. The number of aromatic nitrogens is 1. The lowest BCUT2D eigenvalue weighted by atomic mass is 9.78. The van der Waals surface area contributed by atoms with Crippen LogP contribution in [0.2, 0.25) is 0 Å². The molecule has 1 spiro atoms. The van der Waals surface area contributed by atoms with Crippen molar-refractivity contribution >= 4 is 0 Å².